The summed E-state index contributed by atoms with van der Waals surface area (Å²) in [6.07, 6.45) is 0.978. The van der Waals surface area contributed by atoms with E-state index in [1.807, 2.05) is 6.07 Å². The molecule has 1 heterocycles. The largest absolute Gasteiger partial charge is 0.387 e. The summed E-state index contributed by atoms with van der Waals surface area (Å²) in [5.74, 6) is 0.507. The monoisotopic (exact) mass is 217 g/mol. The molecule has 3 N–H and O–H groups in total. The summed E-state index contributed by atoms with van der Waals surface area (Å²) in [5.41, 5.74) is 6.88. The zero-order valence-corrected chi connectivity index (χ0v) is 9.85. The van der Waals surface area contributed by atoms with Gasteiger partial charge in [0.25, 0.3) is 0 Å². The topological polar surface area (TPSA) is 53.1 Å². The Bertz CT molecular complexity index is 374. The number of rotatable bonds is 2. The molecule has 1 aliphatic heterocycles. The zero-order valence-electron chi connectivity index (χ0n) is 9.85. The minimum atomic E-state index is 0.190. The van der Waals surface area contributed by atoms with Gasteiger partial charge in [-0.2, -0.15) is 0 Å². The van der Waals surface area contributed by atoms with Crippen molar-refractivity contribution in [3.8, 4) is 0 Å². The van der Waals surface area contributed by atoms with E-state index >= 15 is 0 Å². The van der Waals surface area contributed by atoms with Crippen molar-refractivity contribution < 1.29 is 0 Å². The Hall–Kier alpha value is -1.51. The minimum absolute atomic E-state index is 0.190. The van der Waals surface area contributed by atoms with Gasteiger partial charge in [0.1, 0.15) is 0 Å². The SMILES string of the molecule is CC1CC(C(=N)N)C(C)N1c1ccccc1. The van der Waals surface area contributed by atoms with E-state index in [1.54, 1.807) is 0 Å². The molecule has 0 aromatic heterocycles. The number of para-hydroxylation sites is 1. The Morgan fingerprint density at radius 3 is 2.44 bits per heavy atom. The lowest BCUT2D eigenvalue weighted by molar-refractivity contribution is 0.628. The summed E-state index contributed by atoms with van der Waals surface area (Å²) in [7, 11) is 0. The fraction of sp³-hybridized carbons (Fsp3) is 0.462. The van der Waals surface area contributed by atoms with Crippen molar-refractivity contribution in [2.75, 3.05) is 4.90 Å². The van der Waals surface area contributed by atoms with Crippen LogP contribution in [0.15, 0.2) is 30.3 Å². The third-order valence-electron chi connectivity index (χ3n) is 3.54. The summed E-state index contributed by atoms with van der Waals surface area (Å²) < 4.78 is 0. The molecule has 0 amide bonds. The van der Waals surface area contributed by atoms with Crippen molar-refractivity contribution in [1.29, 1.82) is 5.41 Å². The smallest absolute Gasteiger partial charge is 0.0958 e. The minimum Gasteiger partial charge on any atom is -0.387 e. The molecule has 0 bridgehead atoms. The van der Waals surface area contributed by atoms with Crippen LogP contribution in [0, 0.1) is 11.3 Å². The third kappa shape index (κ3) is 1.77. The van der Waals surface area contributed by atoms with E-state index in [-0.39, 0.29) is 5.92 Å². The molecule has 0 spiro atoms. The highest BCUT2D eigenvalue weighted by atomic mass is 15.2. The molecule has 1 aromatic rings. The van der Waals surface area contributed by atoms with E-state index in [4.69, 9.17) is 11.1 Å². The predicted molar refractivity (Wildman–Crippen MR) is 67.9 cm³/mol. The second-order valence-corrected chi connectivity index (χ2v) is 4.63. The molecule has 1 aliphatic rings. The fourth-order valence-electron chi connectivity index (χ4n) is 2.75. The Morgan fingerprint density at radius 2 is 1.94 bits per heavy atom. The molecule has 1 fully saturated rings. The average molecular weight is 217 g/mol. The number of anilines is 1. The van der Waals surface area contributed by atoms with Gasteiger partial charge in [-0.25, -0.2) is 0 Å². The number of benzene rings is 1. The highest BCUT2D eigenvalue weighted by molar-refractivity contribution is 5.81. The summed E-state index contributed by atoms with van der Waals surface area (Å²) >= 11 is 0. The maximum Gasteiger partial charge on any atom is 0.0958 e. The lowest BCUT2D eigenvalue weighted by Gasteiger charge is -2.29. The molecule has 0 saturated carbocycles. The van der Waals surface area contributed by atoms with Gasteiger partial charge < -0.3 is 10.6 Å². The van der Waals surface area contributed by atoms with Gasteiger partial charge in [0.05, 0.1) is 5.84 Å². The molecule has 3 atom stereocenters. The molecular weight excluding hydrogens is 198 g/mol. The second kappa shape index (κ2) is 4.16. The number of nitrogens with one attached hydrogen (secondary N) is 1. The summed E-state index contributed by atoms with van der Waals surface area (Å²) in [6.45, 7) is 4.36. The van der Waals surface area contributed by atoms with E-state index in [0.29, 0.717) is 17.9 Å². The molecule has 1 saturated heterocycles. The van der Waals surface area contributed by atoms with Gasteiger partial charge in [-0.3, -0.25) is 5.41 Å². The average Bonchev–Trinajstić information content (AvgIpc) is 2.56. The number of hydrogen-bond donors (Lipinski definition) is 2. The van der Waals surface area contributed by atoms with Crippen LogP contribution < -0.4 is 10.6 Å². The molecule has 3 unspecified atom stereocenters. The molecule has 2 rings (SSSR count). The van der Waals surface area contributed by atoms with Crippen LogP contribution in [0.4, 0.5) is 5.69 Å². The van der Waals surface area contributed by atoms with Gasteiger partial charge in [0, 0.05) is 23.7 Å². The van der Waals surface area contributed by atoms with Crippen molar-refractivity contribution in [1.82, 2.24) is 0 Å². The molecule has 86 valence electrons. The van der Waals surface area contributed by atoms with Crippen molar-refractivity contribution in [2.24, 2.45) is 11.7 Å². The summed E-state index contributed by atoms with van der Waals surface area (Å²) in [5, 5.41) is 7.62. The molecule has 16 heavy (non-hydrogen) atoms. The van der Waals surface area contributed by atoms with Gasteiger partial charge in [-0.15, -0.1) is 0 Å². The Morgan fingerprint density at radius 1 is 1.31 bits per heavy atom. The van der Waals surface area contributed by atoms with Crippen molar-refractivity contribution >= 4 is 11.5 Å². The van der Waals surface area contributed by atoms with Gasteiger partial charge in [0.2, 0.25) is 0 Å². The predicted octanol–water partition coefficient (Wildman–Crippen LogP) is 2.23. The van der Waals surface area contributed by atoms with Gasteiger partial charge in [-0.1, -0.05) is 18.2 Å². The van der Waals surface area contributed by atoms with E-state index in [9.17, 15) is 0 Å². The van der Waals surface area contributed by atoms with Crippen molar-refractivity contribution in [2.45, 2.75) is 32.4 Å². The third-order valence-corrected chi connectivity index (χ3v) is 3.54. The van der Waals surface area contributed by atoms with E-state index in [2.05, 4.69) is 43.0 Å². The Kier molecular flexibility index (Phi) is 2.86. The van der Waals surface area contributed by atoms with Crippen LogP contribution in [0.25, 0.3) is 0 Å². The van der Waals surface area contributed by atoms with E-state index in [1.165, 1.54) is 5.69 Å². The second-order valence-electron chi connectivity index (χ2n) is 4.63. The van der Waals surface area contributed by atoms with Crippen LogP contribution in [0.5, 0.6) is 0 Å². The van der Waals surface area contributed by atoms with Crippen LogP contribution in [0.2, 0.25) is 0 Å². The van der Waals surface area contributed by atoms with Crippen LogP contribution in [0.1, 0.15) is 20.3 Å². The first-order chi connectivity index (χ1) is 7.61. The first kappa shape index (κ1) is 11.0. The number of amidine groups is 1. The Balaban J connectivity index is 2.26. The van der Waals surface area contributed by atoms with E-state index < -0.39 is 0 Å². The fourth-order valence-corrected chi connectivity index (χ4v) is 2.75. The lowest BCUT2D eigenvalue weighted by atomic mass is 9.99. The maximum absolute atomic E-state index is 7.62. The molecule has 0 aliphatic carbocycles. The standard InChI is InChI=1S/C13H19N3/c1-9-8-12(13(14)15)10(2)16(9)11-6-4-3-5-7-11/h3-7,9-10,12H,8H2,1-2H3,(H3,14,15). The van der Waals surface area contributed by atoms with E-state index in [0.717, 1.165) is 6.42 Å². The maximum atomic E-state index is 7.62. The molecule has 0 radical (unpaired) electrons. The molecule has 3 nitrogen and oxygen atoms in total. The normalized spacial score (nSPS) is 29.4. The number of nitrogens with zero attached hydrogens (tertiary/aromatic N) is 1. The first-order valence-corrected chi connectivity index (χ1v) is 5.78. The molecular formula is C13H19N3. The van der Waals surface area contributed by atoms with Gasteiger partial charge in [-0.05, 0) is 32.4 Å². The van der Waals surface area contributed by atoms with Crippen LogP contribution in [-0.4, -0.2) is 17.9 Å². The summed E-state index contributed by atoms with van der Waals surface area (Å²) in [4.78, 5) is 2.37. The Labute approximate surface area is 96.8 Å². The van der Waals surface area contributed by atoms with Gasteiger partial charge >= 0.3 is 0 Å². The zero-order chi connectivity index (χ0) is 11.7. The highest BCUT2D eigenvalue weighted by Gasteiger charge is 2.37. The quantitative estimate of drug-likeness (QED) is 0.589. The number of hydrogen-bond acceptors (Lipinski definition) is 2. The summed E-state index contributed by atoms with van der Waals surface area (Å²) in [6, 6.07) is 11.1. The van der Waals surface area contributed by atoms with Crippen LogP contribution >= 0.6 is 0 Å². The van der Waals surface area contributed by atoms with Crippen molar-refractivity contribution in [3.05, 3.63) is 30.3 Å². The number of nitrogens with two attached hydrogens (primary N) is 1. The molecule has 1 aromatic carbocycles. The van der Waals surface area contributed by atoms with Gasteiger partial charge in [0.15, 0.2) is 0 Å². The van der Waals surface area contributed by atoms with Crippen LogP contribution in [0.3, 0.4) is 0 Å². The van der Waals surface area contributed by atoms with Crippen LogP contribution in [-0.2, 0) is 0 Å². The first-order valence-electron chi connectivity index (χ1n) is 5.78. The van der Waals surface area contributed by atoms with Crippen molar-refractivity contribution in [3.63, 3.8) is 0 Å². The lowest BCUT2D eigenvalue weighted by Crippen LogP contribution is -2.37. The molecule has 3 heteroatoms. The highest BCUT2D eigenvalue weighted by Crippen LogP contribution is 2.33.